The van der Waals surface area contributed by atoms with Crippen molar-refractivity contribution in [3.8, 4) is 5.75 Å². The number of hydrogen-bond donors (Lipinski definition) is 0. The number of aryl methyl sites for hydroxylation is 1. The number of carbonyl (C=O) groups excluding carboxylic acids is 1. The highest BCUT2D eigenvalue weighted by atomic mass is 19.1. The molecular weight excluding hydrogens is 315 g/mol. The molecule has 8 heteroatoms. The van der Waals surface area contributed by atoms with Gasteiger partial charge in [-0.1, -0.05) is 0 Å². The lowest BCUT2D eigenvalue weighted by Gasteiger charge is -2.16. The van der Waals surface area contributed by atoms with E-state index >= 15 is 0 Å². The largest absolute Gasteiger partial charge is 0.492 e. The summed E-state index contributed by atoms with van der Waals surface area (Å²) >= 11 is 0. The number of rotatable bonds is 4. The van der Waals surface area contributed by atoms with E-state index in [-0.39, 0.29) is 18.7 Å². The number of methoxy groups -OCH3 is 1. The average Bonchev–Trinajstić information content (AvgIpc) is 2.47. The first kappa shape index (κ1) is 16.9. The molecule has 0 saturated heterocycles. The van der Waals surface area contributed by atoms with Gasteiger partial charge >= 0.3 is 5.97 Å². The summed E-state index contributed by atoms with van der Waals surface area (Å²) in [6, 6.07) is 0.454. The highest BCUT2D eigenvalue weighted by Gasteiger charge is 2.28. The third-order valence-corrected chi connectivity index (χ3v) is 3.33. The van der Waals surface area contributed by atoms with Crippen LogP contribution < -0.4 is 10.2 Å². The average molecular weight is 329 g/mol. The van der Waals surface area contributed by atoms with Gasteiger partial charge in [-0.25, -0.2) is 13.6 Å². The number of aromatic nitrogens is 1. The maximum absolute atomic E-state index is 14.6. The summed E-state index contributed by atoms with van der Waals surface area (Å²) in [6.07, 6.45) is 0. The monoisotopic (exact) mass is 329 g/mol. The Morgan fingerprint density at radius 3 is 2.39 bits per heavy atom. The van der Waals surface area contributed by atoms with Crippen molar-refractivity contribution >= 4 is 16.9 Å². The number of benzene rings is 1. The second kappa shape index (κ2) is 6.31. The van der Waals surface area contributed by atoms with Crippen molar-refractivity contribution in [3.05, 3.63) is 39.4 Å². The highest BCUT2D eigenvalue weighted by molar-refractivity contribution is 5.95. The van der Waals surface area contributed by atoms with Gasteiger partial charge in [-0.3, -0.25) is 4.79 Å². The Morgan fingerprint density at radius 2 is 1.87 bits per heavy atom. The Hall–Kier alpha value is -2.51. The summed E-state index contributed by atoms with van der Waals surface area (Å²) in [6.45, 7) is 2.80. The van der Waals surface area contributed by atoms with E-state index in [2.05, 4.69) is 4.74 Å². The summed E-state index contributed by atoms with van der Waals surface area (Å²) in [5.41, 5.74) is -2.52. The van der Waals surface area contributed by atoms with Gasteiger partial charge in [0.05, 0.1) is 19.1 Å². The molecule has 0 unspecified atom stereocenters. The second-order valence-corrected chi connectivity index (χ2v) is 4.56. The predicted octanol–water partition coefficient (Wildman–Crippen LogP) is 2.62. The molecule has 0 aliphatic heterocycles. The zero-order valence-electron chi connectivity index (χ0n) is 12.7. The second-order valence-electron chi connectivity index (χ2n) is 4.56. The minimum atomic E-state index is -1.23. The van der Waals surface area contributed by atoms with Crippen LogP contribution in [0.5, 0.6) is 5.75 Å². The van der Waals surface area contributed by atoms with Gasteiger partial charge in [0.2, 0.25) is 11.4 Å². The van der Waals surface area contributed by atoms with Crippen LogP contribution in [-0.4, -0.2) is 24.3 Å². The Balaban J connectivity index is 3.07. The summed E-state index contributed by atoms with van der Waals surface area (Å²) in [5.74, 6) is -5.21. The molecule has 0 bridgehead atoms. The van der Waals surface area contributed by atoms with Crippen molar-refractivity contribution < 1.29 is 27.4 Å². The predicted molar refractivity (Wildman–Crippen MR) is 76.3 cm³/mol. The SMILES string of the molecule is CCOC(=O)c1c(F)n(CC)c2c(OC)c(F)cc(F)c2c1=O. The fraction of sp³-hybridized carbons (Fsp3) is 0.333. The molecule has 0 radical (unpaired) electrons. The van der Waals surface area contributed by atoms with Crippen LogP contribution in [0.3, 0.4) is 0 Å². The quantitative estimate of drug-likeness (QED) is 0.639. The van der Waals surface area contributed by atoms with Crippen LogP contribution in [0.1, 0.15) is 24.2 Å². The molecule has 0 atom stereocenters. The molecule has 0 spiro atoms. The number of pyridine rings is 1. The van der Waals surface area contributed by atoms with E-state index in [0.29, 0.717) is 6.07 Å². The normalized spacial score (nSPS) is 10.9. The molecule has 1 heterocycles. The molecule has 1 aromatic carbocycles. The van der Waals surface area contributed by atoms with Crippen LogP contribution in [-0.2, 0) is 11.3 Å². The number of fused-ring (bicyclic) bond motifs is 1. The number of esters is 1. The van der Waals surface area contributed by atoms with E-state index in [4.69, 9.17) is 4.74 Å². The van der Waals surface area contributed by atoms with Crippen LogP contribution >= 0.6 is 0 Å². The number of halogens is 3. The van der Waals surface area contributed by atoms with E-state index < -0.39 is 45.7 Å². The van der Waals surface area contributed by atoms with Gasteiger partial charge in [0.25, 0.3) is 0 Å². The van der Waals surface area contributed by atoms with Crippen molar-refractivity contribution in [1.29, 1.82) is 0 Å². The summed E-state index contributed by atoms with van der Waals surface area (Å²) in [7, 11) is 1.11. The lowest BCUT2D eigenvalue weighted by molar-refractivity contribution is 0.0517. The molecular formula is C15H14F3NO4. The minimum Gasteiger partial charge on any atom is -0.492 e. The van der Waals surface area contributed by atoms with E-state index in [0.717, 1.165) is 11.7 Å². The van der Waals surface area contributed by atoms with Gasteiger partial charge in [0.15, 0.2) is 17.1 Å². The van der Waals surface area contributed by atoms with Crippen LogP contribution in [0.25, 0.3) is 10.9 Å². The molecule has 23 heavy (non-hydrogen) atoms. The van der Waals surface area contributed by atoms with E-state index in [1.165, 1.54) is 13.8 Å². The topological polar surface area (TPSA) is 57.5 Å². The Morgan fingerprint density at radius 1 is 1.22 bits per heavy atom. The van der Waals surface area contributed by atoms with Crippen LogP contribution in [0, 0.1) is 17.6 Å². The van der Waals surface area contributed by atoms with Gasteiger partial charge < -0.3 is 14.0 Å². The molecule has 124 valence electrons. The maximum Gasteiger partial charge on any atom is 0.346 e. The number of ether oxygens (including phenoxy) is 2. The van der Waals surface area contributed by atoms with Crippen molar-refractivity contribution in [2.24, 2.45) is 0 Å². The molecule has 2 aromatic rings. The van der Waals surface area contributed by atoms with E-state index in [1.54, 1.807) is 0 Å². The number of nitrogens with zero attached hydrogens (tertiary/aromatic N) is 1. The smallest absolute Gasteiger partial charge is 0.346 e. The van der Waals surface area contributed by atoms with E-state index in [9.17, 15) is 22.8 Å². The van der Waals surface area contributed by atoms with Crippen LogP contribution in [0.15, 0.2) is 10.9 Å². The zero-order chi connectivity index (χ0) is 17.3. The third-order valence-electron chi connectivity index (χ3n) is 3.33. The molecule has 0 aliphatic carbocycles. The van der Waals surface area contributed by atoms with Crippen molar-refractivity contribution in [2.75, 3.05) is 13.7 Å². The minimum absolute atomic E-state index is 0.0862. The first-order chi connectivity index (χ1) is 10.9. The lowest BCUT2D eigenvalue weighted by Crippen LogP contribution is -2.26. The first-order valence-corrected chi connectivity index (χ1v) is 6.84. The van der Waals surface area contributed by atoms with Gasteiger partial charge in [0, 0.05) is 12.6 Å². The van der Waals surface area contributed by atoms with E-state index in [1.807, 2.05) is 0 Å². The van der Waals surface area contributed by atoms with Gasteiger partial charge in [0.1, 0.15) is 11.3 Å². The zero-order valence-corrected chi connectivity index (χ0v) is 12.7. The first-order valence-electron chi connectivity index (χ1n) is 6.84. The molecule has 1 aromatic heterocycles. The lowest BCUT2D eigenvalue weighted by atomic mass is 10.1. The standard InChI is InChI=1S/C15H14F3NO4/c1-4-19-11-9(7(16)6-8(17)13(11)22-3)12(20)10(14(19)18)15(21)23-5-2/h6H,4-5H2,1-3H3. The molecule has 0 aliphatic rings. The highest BCUT2D eigenvalue weighted by Crippen LogP contribution is 2.30. The van der Waals surface area contributed by atoms with Gasteiger partial charge in [-0.15, -0.1) is 0 Å². The number of carbonyl (C=O) groups is 1. The fourth-order valence-corrected chi connectivity index (χ4v) is 2.39. The van der Waals surface area contributed by atoms with Crippen LogP contribution in [0.4, 0.5) is 13.2 Å². The molecule has 5 nitrogen and oxygen atoms in total. The Labute approximate surface area is 129 Å². The summed E-state index contributed by atoms with van der Waals surface area (Å²) in [5, 5.41) is -0.630. The molecule has 0 amide bonds. The molecule has 0 saturated carbocycles. The molecule has 0 fully saturated rings. The summed E-state index contributed by atoms with van der Waals surface area (Å²) in [4.78, 5) is 24.2. The number of hydrogen-bond acceptors (Lipinski definition) is 4. The van der Waals surface area contributed by atoms with Gasteiger partial charge in [-0.2, -0.15) is 4.39 Å². The Kier molecular flexibility index (Phi) is 4.63. The van der Waals surface area contributed by atoms with Crippen molar-refractivity contribution in [2.45, 2.75) is 20.4 Å². The molecule has 0 N–H and O–H groups in total. The van der Waals surface area contributed by atoms with Crippen molar-refractivity contribution in [1.82, 2.24) is 4.57 Å². The van der Waals surface area contributed by atoms with Crippen LogP contribution in [0.2, 0.25) is 0 Å². The van der Waals surface area contributed by atoms with Crippen molar-refractivity contribution in [3.63, 3.8) is 0 Å². The Bertz CT molecular complexity index is 845. The summed E-state index contributed by atoms with van der Waals surface area (Å²) < 4.78 is 52.8. The molecule has 2 rings (SSSR count). The fourth-order valence-electron chi connectivity index (χ4n) is 2.39. The third kappa shape index (κ3) is 2.54. The maximum atomic E-state index is 14.6. The van der Waals surface area contributed by atoms with Gasteiger partial charge in [-0.05, 0) is 13.8 Å².